The molecule has 1 heterocycles. The van der Waals surface area contributed by atoms with Gasteiger partial charge in [-0.2, -0.15) is 0 Å². The standard InChI is InChI=1S/C16H14N2O5S/c1-10(19)17-12-5-2-4-11(8-12)16(22)23-9-14(20)18-15(21)13-6-3-7-24-13/h2-8H,9H2,1H3,(H,17,19)(H,18,20,21). The molecule has 0 aliphatic carbocycles. The number of rotatable bonds is 5. The Hall–Kier alpha value is -3.00. The maximum atomic E-state index is 11.9. The molecule has 0 unspecified atom stereocenters. The minimum Gasteiger partial charge on any atom is -0.452 e. The fourth-order valence-electron chi connectivity index (χ4n) is 1.77. The Kier molecular flexibility index (Phi) is 5.80. The highest BCUT2D eigenvalue weighted by Gasteiger charge is 2.14. The van der Waals surface area contributed by atoms with Gasteiger partial charge in [0.1, 0.15) is 0 Å². The van der Waals surface area contributed by atoms with Gasteiger partial charge in [-0.15, -0.1) is 11.3 Å². The van der Waals surface area contributed by atoms with Gasteiger partial charge in [0.15, 0.2) is 6.61 Å². The normalized spacial score (nSPS) is 9.88. The summed E-state index contributed by atoms with van der Waals surface area (Å²) in [4.78, 5) is 46.6. The average Bonchev–Trinajstić information content (AvgIpc) is 3.06. The molecule has 0 spiro atoms. The zero-order valence-corrected chi connectivity index (χ0v) is 13.5. The summed E-state index contributed by atoms with van der Waals surface area (Å²) in [7, 11) is 0. The molecule has 2 aromatic rings. The van der Waals surface area contributed by atoms with Gasteiger partial charge in [0, 0.05) is 12.6 Å². The quantitative estimate of drug-likeness (QED) is 0.804. The van der Waals surface area contributed by atoms with E-state index in [0.29, 0.717) is 10.6 Å². The number of esters is 1. The lowest BCUT2D eigenvalue weighted by Crippen LogP contribution is -2.33. The zero-order valence-electron chi connectivity index (χ0n) is 12.7. The van der Waals surface area contributed by atoms with Crippen LogP contribution in [0, 0.1) is 0 Å². The van der Waals surface area contributed by atoms with Gasteiger partial charge < -0.3 is 10.1 Å². The second-order valence-electron chi connectivity index (χ2n) is 4.69. The van der Waals surface area contributed by atoms with Crippen LogP contribution in [0.1, 0.15) is 27.0 Å². The molecule has 0 saturated heterocycles. The predicted molar refractivity (Wildman–Crippen MR) is 87.8 cm³/mol. The SMILES string of the molecule is CC(=O)Nc1cccc(C(=O)OCC(=O)NC(=O)c2cccs2)c1. The second kappa shape index (κ2) is 8.02. The summed E-state index contributed by atoms with van der Waals surface area (Å²) in [6, 6.07) is 9.37. The number of imide groups is 1. The molecule has 8 heteroatoms. The van der Waals surface area contributed by atoms with Gasteiger partial charge in [-0.1, -0.05) is 12.1 Å². The number of nitrogens with one attached hydrogen (secondary N) is 2. The van der Waals surface area contributed by atoms with Crippen LogP contribution in [-0.2, 0) is 14.3 Å². The van der Waals surface area contributed by atoms with E-state index in [2.05, 4.69) is 10.6 Å². The monoisotopic (exact) mass is 346 g/mol. The fourth-order valence-corrected chi connectivity index (χ4v) is 2.39. The van der Waals surface area contributed by atoms with Crippen molar-refractivity contribution in [3.8, 4) is 0 Å². The molecule has 0 bridgehead atoms. The number of hydrogen-bond donors (Lipinski definition) is 2. The van der Waals surface area contributed by atoms with E-state index in [9.17, 15) is 19.2 Å². The molecule has 1 aromatic carbocycles. The van der Waals surface area contributed by atoms with Gasteiger partial charge >= 0.3 is 5.97 Å². The highest BCUT2D eigenvalue weighted by Crippen LogP contribution is 2.12. The Balaban J connectivity index is 1.87. The van der Waals surface area contributed by atoms with E-state index in [1.165, 1.54) is 30.4 Å². The van der Waals surface area contributed by atoms with E-state index < -0.39 is 24.4 Å². The third-order valence-corrected chi connectivity index (χ3v) is 3.62. The number of ether oxygens (including phenoxy) is 1. The van der Waals surface area contributed by atoms with Crippen LogP contribution in [0.4, 0.5) is 5.69 Å². The number of hydrogen-bond acceptors (Lipinski definition) is 6. The predicted octanol–water partition coefficient (Wildman–Crippen LogP) is 1.82. The third kappa shape index (κ3) is 5.03. The molecule has 0 aliphatic rings. The molecule has 0 radical (unpaired) electrons. The first-order valence-electron chi connectivity index (χ1n) is 6.88. The first-order chi connectivity index (χ1) is 11.5. The van der Waals surface area contributed by atoms with Gasteiger partial charge in [0.2, 0.25) is 5.91 Å². The Bertz CT molecular complexity index is 771. The van der Waals surface area contributed by atoms with Crippen molar-refractivity contribution in [1.29, 1.82) is 0 Å². The van der Waals surface area contributed by atoms with Crippen molar-refractivity contribution in [3.63, 3.8) is 0 Å². The fraction of sp³-hybridized carbons (Fsp3) is 0.125. The summed E-state index contributed by atoms with van der Waals surface area (Å²) in [5, 5.41) is 6.37. The van der Waals surface area contributed by atoms with Crippen molar-refractivity contribution in [1.82, 2.24) is 5.32 Å². The highest BCUT2D eigenvalue weighted by atomic mass is 32.1. The second-order valence-corrected chi connectivity index (χ2v) is 5.64. The number of carbonyl (C=O) groups is 4. The lowest BCUT2D eigenvalue weighted by atomic mass is 10.2. The van der Waals surface area contributed by atoms with Crippen LogP contribution in [-0.4, -0.2) is 30.3 Å². The van der Waals surface area contributed by atoms with Crippen LogP contribution < -0.4 is 10.6 Å². The largest absolute Gasteiger partial charge is 0.452 e. The maximum absolute atomic E-state index is 11.9. The first-order valence-corrected chi connectivity index (χ1v) is 7.76. The van der Waals surface area contributed by atoms with E-state index in [1.54, 1.807) is 29.6 Å². The van der Waals surface area contributed by atoms with E-state index in [0.717, 1.165) is 0 Å². The summed E-state index contributed by atoms with van der Waals surface area (Å²) in [5.41, 5.74) is 0.618. The van der Waals surface area contributed by atoms with Gasteiger partial charge in [0.25, 0.3) is 11.8 Å². The lowest BCUT2D eigenvalue weighted by Gasteiger charge is -2.07. The number of amides is 3. The molecular formula is C16H14N2O5S. The summed E-state index contributed by atoms with van der Waals surface area (Å²) in [5.74, 6) is -2.27. The molecule has 24 heavy (non-hydrogen) atoms. The summed E-state index contributed by atoms with van der Waals surface area (Å²) >= 11 is 1.19. The molecule has 7 nitrogen and oxygen atoms in total. The van der Waals surface area contributed by atoms with E-state index >= 15 is 0 Å². The summed E-state index contributed by atoms with van der Waals surface area (Å²) in [6.45, 7) is 0.764. The molecule has 0 aliphatic heterocycles. The minimum atomic E-state index is -0.735. The number of benzene rings is 1. The van der Waals surface area contributed by atoms with Crippen molar-refractivity contribution in [2.24, 2.45) is 0 Å². The van der Waals surface area contributed by atoms with Crippen molar-refractivity contribution >= 4 is 40.7 Å². The van der Waals surface area contributed by atoms with Crippen LogP contribution >= 0.6 is 11.3 Å². The van der Waals surface area contributed by atoms with Gasteiger partial charge in [-0.25, -0.2) is 4.79 Å². The van der Waals surface area contributed by atoms with Crippen LogP contribution in [0.15, 0.2) is 41.8 Å². The van der Waals surface area contributed by atoms with Crippen LogP contribution in [0.5, 0.6) is 0 Å². The Morgan fingerprint density at radius 1 is 1.12 bits per heavy atom. The maximum Gasteiger partial charge on any atom is 0.338 e. The van der Waals surface area contributed by atoms with Crippen LogP contribution in [0.2, 0.25) is 0 Å². The highest BCUT2D eigenvalue weighted by molar-refractivity contribution is 7.12. The van der Waals surface area contributed by atoms with Crippen molar-refractivity contribution in [2.75, 3.05) is 11.9 Å². The third-order valence-electron chi connectivity index (χ3n) is 2.75. The molecule has 1 aromatic heterocycles. The molecule has 0 saturated carbocycles. The first kappa shape index (κ1) is 17.4. The Labute approximate surface area is 141 Å². The van der Waals surface area contributed by atoms with Crippen molar-refractivity contribution in [2.45, 2.75) is 6.92 Å². The lowest BCUT2D eigenvalue weighted by molar-refractivity contribution is -0.123. The smallest absolute Gasteiger partial charge is 0.338 e. The number of thiophene rings is 1. The van der Waals surface area contributed by atoms with Crippen LogP contribution in [0.3, 0.4) is 0 Å². The topological polar surface area (TPSA) is 102 Å². The minimum absolute atomic E-state index is 0.179. The Morgan fingerprint density at radius 2 is 1.92 bits per heavy atom. The van der Waals surface area contributed by atoms with Gasteiger partial charge in [0.05, 0.1) is 10.4 Å². The summed E-state index contributed by atoms with van der Waals surface area (Å²) < 4.78 is 4.86. The van der Waals surface area contributed by atoms with E-state index in [4.69, 9.17) is 4.74 Å². The Morgan fingerprint density at radius 3 is 2.58 bits per heavy atom. The molecule has 2 N–H and O–H groups in total. The molecule has 3 amide bonds. The molecule has 0 atom stereocenters. The molecule has 0 fully saturated rings. The van der Waals surface area contributed by atoms with Gasteiger partial charge in [-0.3, -0.25) is 19.7 Å². The van der Waals surface area contributed by atoms with E-state index in [-0.39, 0.29) is 11.5 Å². The number of anilines is 1. The molecule has 2 rings (SSSR count). The molecular weight excluding hydrogens is 332 g/mol. The van der Waals surface area contributed by atoms with Crippen LogP contribution in [0.25, 0.3) is 0 Å². The van der Waals surface area contributed by atoms with Gasteiger partial charge in [-0.05, 0) is 29.6 Å². The summed E-state index contributed by atoms with van der Waals surface area (Å²) in [6.07, 6.45) is 0. The zero-order chi connectivity index (χ0) is 17.5. The van der Waals surface area contributed by atoms with Crippen molar-refractivity contribution in [3.05, 3.63) is 52.2 Å². The molecule has 124 valence electrons. The van der Waals surface area contributed by atoms with E-state index in [1.807, 2.05) is 0 Å². The average molecular weight is 346 g/mol. The number of carbonyl (C=O) groups excluding carboxylic acids is 4. The van der Waals surface area contributed by atoms with Crippen molar-refractivity contribution < 1.29 is 23.9 Å².